The highest BCUT2D eigenvalue weighted by Crippen LogP contribution is 2.28. The molecule has 1 aliphatic heterocycles. The van der Waals surface area contributed by atoms with Crippen molar-refractivity contribution in [1.82, 2.24) is 5.32 Å². The van der Waals surface area contributed by atoms with Crippen molar-refractivity contribution >= 4 is 5.97 Å². The van der Waals surface area contributed by atoms with Crippen LogP contribution in [-0.2, 0) is 16.1 Å². The van der Waals surface area contributed by atoms with Crippen molar-refractivity contribution in [2.75, 3.05) is 20.8 Å². The van der Waals surface area contributed by atoms with Crippen LogP contribution in [0.4, 0.5) is 0 Å². The normalized spacial score (nSPS) is 18.0. The summed E-state index contributed by atoms with van der Waals surface area (Å²) in [6.07, 6.45) is -0.587. The molecule has 0 saturated carbocycles. The van der Waals surface area contributed by atoms with Gasteiger partial charge < -0.3 is 19.3 Å². The summed E-state index contributed by atoms with van der Waals surface area (Å²) in [5, 5.41) is 12.3. The number of hydrogen-bond donors (Lipinski definition) is 2. The Morgan fingerprint density at radius 1 is 1.38 bits per heavy atom. The molecule has 0 aromatic heterocycles. The van der Waals surface area contributed by atoms with Crippen molar-refractivity contribution in [3.63, 3.8) is 0 Å². The first-order chi connectivity index (χ1) is 10.1. The Labute approximate surface area is 123 Å². The number of aliphatic carboxylic acids is 1. The van der Waals surface area contributed by atoms with Gasteiger partial charge in [0.2, 0.25) is 0 Å². The quantitative estimate of drug-likeness (QED) is 0.828. The maximum absolute atomic E-state index is 11.2. The van der Waals surface area contributed by atoms with Gasteiger partial charge in [0.25, 0.3) is 0 Å². The third-order valence-electron chi connectivity index (χ3n) is 3.36. The van der Waals surface area contributed by atoms with Crippen LogP contribution in [0.3, 0.4) is 0 Å². The Bertz CT molecular complexity index is 567. The fourth-order valence-corrected chi connectivity index (χ4v) is 2.25. The molecule has 1 aromatic rings. The Balaban J connectivity index is 2.05. The fourth-order valence-electron chi connectivity index (χ4n) is 2.25. The zero-order chi connectivity index (χ0) is 15.4. The lowest BCUT2D eigenvalue weighted by atomic mass is 10.1. The zero-order valence-corrected chi connectivity index (χ0v) is 12.3. The molecule has 2 rings (SSSR count). The second-order valence-electron chi connectivity index (χ2n) is 4.76. The number of rotatable bonds is 6. The summed E-state index contributed by atoms with van der Waals surface area (Å²) in [6.45, 7) is 2.57. The fraction of sp³-hybridized carbons (Fsp3) is 0.400. The maximum Gasteiger partial charge on any atom is 0.335 e. The zero-order valence-electron chi connectivity index (χ0n) is 12.3. The third kappa shape index (κ3) is 3.34. The molecule has 0 fully saturated rings. The van der Waals surface area contributed by atoms with Crippen LogP contribution < -0.4 is 14.8 Å². The van der Waals surface area contributed by atoms with Crippen molar-refractivity contribution in [3.05, 3.63) is 34.9 Å². The first-order valence-corrected chi connectivity index (χ1v) is 6.55. The van der Waals surface area contributed by atoms with Gasteiger partial charge in [-0.3, -0.25) is 5.32 Å². The molecule has 6 heteroatoms. The number of methoxy groups -OCH3 is 2. The summed E-state index contributed by atoms with van der Waals surface area (Å²) in [7, 11) is 3.15. The van der Waals surface area contributed by atoms with Crippen LogP contribution in [0, 0.1) is 0 Å². The number of carboxylic acids is 1. The van der Waals surface area contributed by atoms with Crippen LogP contribution >= 0.6 is 0 Å². The molecule has 0 radical (unpaired) electrons. The highest BCUT2D eigenvalue weighted by Gasteiger charge is 2.28. The predicted octanol–water partition coefficient (Wildman–Crippen LogP) is 1.55. The van der Waals surface area contributed by atoms with Gasteiger partial charge in [-0.2, -0.15) is 0 Å². The summed E-state index contributed by atoms with van der Waals surface area (Å²) >= 11 is 0. The number of benzene rings is 1. The molecule has 2 N–H and O–H groups in total. The van der Waals surface area contributed by atoms with Crippen LogP contribution in [0.5, 0.6) is 11.5 Å². The van der Waals surface area contributed by atoms with E-state index in [0.717, 1.165) is 11.1 Å². The van der Waals surface area contributed by atoms with Gasteiger partial charge in [-0.15, -0.1) is 0 Å². The lowest BCUT2D eigenvalue weighted by Gasteiger charge is -2.15. The van der Waals surface area contributed by atoms with Gasteiger partial charge in [-0.25, -0.2) is 4.79 Å². The summed E-state index contributed by atoms with van der Waals surface area (Å²) in [6, 6.07) is 5.54. The van der Waals surface area contributed by atoms with Gasteiger partial charge in [0.15, 0.2) is 11.5 Å². The molecular formula is C15H19NO5. The second-order valence-corrected chi connectivity index (χ2v) is 4.76. The number of nitrogens with one attached hydrogen (secondary N) is 1. The molecule has 1 aliphatic rings. The van der Waals surface area contributed by atoms with Crippen molar-refractivity contribution in [2.24, 2.45) is 0 Å². The number of hydrogen-bond acceptors (Lipinski definition) is 5. The first kappa shape index (κ1) is 15.3. The SMILES string of the molecule is COc1ccc(CNC2OCC(C)=C2C(=O)O)cc1OC. The Morgan fingerprint density at radius 3 is 2.71 bits per heavy atom. The van der Waals surface area contributed by atoms with E-state index in [1.54, 1.807) is 21.1 Å². The smallest absolute Gasteiger partial charge is 0.335 e. The molecule has 114 valence electrons. The van der Waals surface area contributed by atoms with E-state index < -0.39 is 12.2 Å². The van der Waals surface area contributed by atoms with E-state index in [4.69, 9.17) is 14.2 Å². The Morgan fingerprint density at radius 2 is 2.10 bits per heavy atom. The summed E-state index contributed by atoms with van der Waals surface area (Å²) < 4.78 is 15.9. The van der Waals surface area contributed by atoms with E-state index in [1.807, 2.05) is 18.2 Å². The number of carboxylic acid groups (broad SMARTS) is 1. The molecule has 1 unspecified atom stereocenters. The third-order valence-corrected chi connectivity index (χ3v) is 3.36. The first-order valence-electron chi connectivity index (χ1n) is 6.55. The van der Waals surface area contributed by atoms with E-state index in [-0.39, 0.29) is 5.57 Å². The molecule has 0 aliphatic carbocycles. The van der Waals surface area contributed by atoms with E-state index in [2.05, 4.69) is 5.32 Å². The number of carbonyl (C=O) groups is 1. The predicted molar refractivity (Wildman–Crippen MR) is 76.5 cm³/mol. The summed E-state index contributed by atoms with van der Waals surface area (Å²) in [5.74, 6) is 0.337. The standard InChI is InChI=1S/C15H19NO5/c1-9-8-21-14(13(9)15(17)18)16-7-10-4-5-11(19-2)12(6-10)20-3/h4-6,14,16H,7-8H2,1-3H3,(H,17,18). The Hall–Kier alpha value is -2.05. The van der Waals surface area contributed by atoms with Gasteiger partial charge in [-0.1, -0.05) is 6.07 Å². The van der Waals surface area contributed by atoms with E-state index in [9.17, 15) is 9.90 Å². The van der Waals surface area contributed by atoms with Crippen molar-refractivity contribution < 1.29 is 24.1 Å². The molecule has 0 spiro atoms. The minimum atomic E-state index is -0.949. The van der Waals surface area contributed by atoms with E-state index >= 15 is 0 Å². The van der Waals surface area contributed by atoms with Gasteiger partial charge in [0, 0.05) is 6.54 Å². The monoisotopic (exact) mass is 293 g/mol. The van der Waals surface area contributed by atoms with E-state index in [1.165, 1.54) is 0 Å². The van der Waals surface area contributed by atoms with Crippen LogP contribution in [0.1, 0.15) is 12.5 Å². The molecule has 21 heavy (non-hydrogen) atoms. The van der Waals surface area contributed by atoms with Gasteiger partial charge in [0.1, 0.15) is 6.23 Å². The van der Waals surface area contributed by atoms with Crippen LogP contribution in [0.2, 0.25) is 0 Å². The summed E-state index contributed by atoms with van der Waals surface area (Å²) in [5.41, 5.74) is 1.98. The van der Waals surface area contributed by atoms with E-state index in [0.29, 0.717) is 24.7 Å². The second kappa shape index (κ2) is 6.60. The minimum Gasteiger partial charge on any atom is -0.493 e. The topological polar surface area (TPSA) is 77.0 Å². The largest absolute Gasteiger partial charge is 0.493 e. The molecular weight excluding hydrogens is 274 g/mol. The van der Waals surface area contributed by atoms with Gasteiger partial charge in [0.05, 0.1) is 26.4 Å². The highest BCUT2D eigenvalue weighted by molar-refractivity contribution is 5.89. The van der Waals surface area contributed by atoms with Crippen LogP contribution in [0.15, 0.2) is 29.3 Å². The van der Waals surface area contributed by atoms with Crippen molar-refractivity contribution in [3.8, 4) is 11.5 Å². The number of ether oxygens (including phenoxy) is 3. The average molecular weight is 293 g/mol. The maximum atomic E-state index is 11.2. The lowest BCUT2D eigenvalue weighted by molar-refractivity contribution is -0.133. The molecule has 0 bridgehead atoms. The molecule has 1 atom stereocenters. The minimum absolute atomic E-state index is 0.287. The average Bonchev–Trinajstić information content (AvgIpc) is 2.85. The van der Waals surface area contributed by atoms with Crippen LogP contribution in [-0.4, -0.2) is 38.1 Å². The van der Waals surface area contributed by atoms with Crippen molar-refractivity contribution in [1.29, 1.82) is 0 Å². The highest BCUT2D eigenvalue weighted by atomic mass is 16.5. The van der Waals surface area contributed by atoms with Crippen LogP contribution in [0.25, 0.3) is 0 Å². The molecule has 0 amide bonds. The molecule has 0 saturated heterocycles. The summed E-state index contributed by atoms with van der Waals surface area (Å²) in [4.78, 5) is 11.2. The van der Waals surface area contributed by atoms with Gasteiger partial charge in [-0.05, 0) is 30.2 Å². The molecule has 1 heterocycles. The Kier molecular flexibility index (Phi) is 4.82. The molecule has 1 aromatic carbocycles. The molecule has 6 nitrogen and oxygen atoms in total. The lowest BCUT2D eigenvalue weighted by Crippen LogP contribution is -2.32. The van der Waals surface area contributed by atoms with Crippen molar-refractivity contribution in [2.45, 2.75) is 19.7 Å². The van der Waals surface area contributed by atoms with Gasteiger partial charge >= 0.3 is 5.97 Å².